The average Bonchev–Trinajstić information content (AvgIpc) is 2.90. The number of hydrogen-bond donors (Lipinski definition) is 2. The molecule has 0 saturated heterocycles. The maximum absolute atomic E-state index is 12.8. The number of hydrogen-bond acceptors (Lipinski definition) is 3. The van der Waals surface area contributed by atoms with Gasteiger partial charge in [-0.15, -0.1) is 34.2 Å². The maximum Gasteiger partial charge on any atom is 0.391 e. The maximum atomic E-state index is 12.8. The minimum atomic E-state index is -4.06. The highest BCUT2D eigenvalue weighted by Crippen LogP contribution is 2.37. The third-order valence-electron chi connectivity index (χ3n) is 5.81. The highest BCUT2D eigenvalue weighted by Gasteiger charge is 2.41. The van der Waals surface area contributed by atoms with Crippen LogP contribution < -0.4 is 10.6 Å². The van der Waals surface area contributed by atoms with Crippen LogP contribution in [0.5, 0.6) is 0 Å². The number of nitrogens with zero attached hydrogens (tertiary/aromatic N) is 4. The summed E-state index contributed by atoms with van der Waals surface area (Å²) in [6, 6.07) is 0.0528. The molecule has 0 unspecified atom stereocenters. The van der Waals surface area contributed by atoms with Crippen molar-refractivity contribution in [2.45, 2.75) is 83.0 Å². The Balaban J connectivity index is 0.00000300. The minimum absolute atomic E-state index is 0. The van der Waals surface area contributed by atoms with Gasteiger partial charge in [-0.1, -0.05) is 6.42 Å². The van der Waals surface area contributed by atoms with Crippen molar-refractivity contribution in [2.75, 3.05) is 13.6 Å². The average molecular weight is 528 g/mol. The fourth-order valence-electron chi connectivity index (χ4n) is 4.14. The summed E-state index contributed by atoms with van der Waals surface area (Å²) >= 11 is 0. The van der Waals surface area contributed by atoms with Gasteiger partial charge in [0.2, 0.25) is 0 Å². The molecule has 3 rings (SSSR count). The van der Waals surface area contributed by atoms with Gasteiger partial charge in [-0.3, -0.25) is 4.99 Å². The Kier molecular flexibility index (Phi) is 9.48. The third-order valence-corrected chi connectivity index (χ3v) is 5.81. The highest BCUT2D eigenvalue weighted by atomic mass is 127. The lowest BCUT2D eigenvalue weighted by Gasteiger charge is -2.31. The van der Waals surface area contributed by atoms with Gasteiger partial charge in [-0.2, -0.15) is 13.2 Å². The molecular weight excluding hydrogens is 496 g/mol. The van der Waals surface area contributed by atoms with Crippen molar-refractivity contribution in [1.82, 2.24) is 25.4 Å². The number of alkyl halides is 3. The van der Waals surface area contributed by atoms with Crippen molar-refractivity contribution in [3.63, 3.8) is 0 Å². The molecule has 1 aromatic rings. The predicted octanol–water partition coefficient (Wildman–Crippen LogP) is 3.84. The normalized spacial score (nSPS) is 23.0. The standard InChI is InChI=1S/C19H31F3N6.HI/c1-23-18(25-15-10-8-14(9-11-15)19(20,21)22)24-12-5-7-17-27-26-16-6-3-2-4-13-28(16)17;/h14-15H,2-13H2,1H3,(H2,23,24,25);1H. The van der Waals surface area contributed by atoms with Gasteiger partial charge in [0.1, 0.15) is 11.6 Å². The zero-order chi connectivity index (χ0) is 20.0. The Bertz CT molecular complexity index is 653. The van der Waals surface area contributed by atoms with Crippen molar-refractivity contribution < 1.29 is 13.2 Å². The molecule has 0 bridgehead atoms. The van der Waals surface area contributed by atoms with E-state index >= 15 is 0 Å². The van der Waals surface area contributed by atoms with Gasteiger partial charge in [-0.25, -0.2) is 0 Å². The SMILES string of the molecule is CN=C(NCCCc1nnc2n1CCCCC2)NC1CCC(C(F)(F)F)CC1.I. The predicted molar refractivity (Wildman–Crippen MR) is 118 cm³/mol. The molecule has 1 aliphatic carbocycles. The number of nitrogens with one attached hydrogen (secondary N) is 2. The second-order valence-corrected chi connectivity index (χ2v) is 7.83. The van der Waals surface area contributed by atoms with E-state index in [9.17, 15) is 13.2 Å². The third kappa shape index (κ3) is 6.99. The van der Waals surface area contributed by atoms with Crippen LogP contribution in [0.25, 0.3) is 0 Å². The lowest BCUT2D eigenvalue weighted by molar-refractivity contribution is -0.182. The molecule has 2 heterocycles. The van der Waals surface area contributed by atoms with Gasteiger partial charge in [-0.05, 0) is 44.9 Å². The Morgan fingerprint density at radius 3 is 2.59 bits per heavy atom. The summed E-state index contributed by atoms with van der Waals surface area (Å²) in [5.74, 6) is 1.66. The highest BCUT2D eigenvalue weighted by molar-refractivity contribution is 14.0. The van der Waals surface area contributed by atoms with Crippen LogP contribution in [0.2, 0.25) is 0 Å². The van der Waals surface area contributed by atoms with E-state index in [-0.39, 0.29) is 42.9 Å². The van der Waals surface area contributed by atoms with E-state index < -0.39 is 12.1 Å². The van der Waals surface area contributed by atoms with Gasteiger partial charge in [0, 0.05) is 39.0 Å². The molecule has 0 radical (unpaired) electrons. The summed E-state index contributed by atoms with van der Waals surface area (Å²) in [4.78, 5) is 4.21. The first-order chi connectivity index (χ1) is 13.5. The second kappa shape index (κ2) is 11.4. The number of aryl methyl sites for hydroxylation is 2. The largest absolute Gasteiger partial charge is 0.391 e. The second-order valence-electron chi connectivity index (χ2n) is 7.83. The molecule has 0 atom stereocenters. The monoisotopic (exact) mass is 528 g/mol. The zero-order valence-corrected chi connectivity index (χ0v) is 19.3. The number of fused-ring (bicyclic) bond motifs is 1. The first-order valence-electron chi connectivity index (χ1n) is 10.4. The summed E-state index contributed by atoms with van der Waals surface area (Å²) < 4.78 is 40.6. The van der Waals surface area contributed by atoms with Crippen LogP contribution in [0.3, 0.4) is 0 Å². The smallest absolute Gasteiger partial charge is 0.356 e. The van der Waals surface area contributed by atoms with Crippen LogP contribution in [-0.4, -0.2) is 46.5 Å². The van der Waals surface area contributed by atoms with E-state index in [1.807, 2.05) is 0 Å². The molecule has 1 aliphatic heterocycles. The van der Waals surface area contributed by atoms with Gasteiger partial charge in [0.05, 0.1) is 5.92 Å². The lowest BCUT2D eigenvalue weighted by atomic mass is 9.85. The molecule has 1 saturated carbocycles. The molecule has 166 valence electrons. The molecule has 0 spiro atoms. The Morgan fingerprint density at radius 1 is 1.14 bits per heavy atom. The van der Waals surface area contributed by atoms with Crippen LogP contribution in [-0.2, 0) is 19.4 Å². The van der Waals surface area contributed by atoms with Gasteiger partial charge in [0.25, 0.3) is 0 Å². The van der Waals surface area contributed by atoms with Crippen LogP contribution in [0.15, 0.2) is 4.99 Å². The molecule has 0 amide bonds. The molecular formula is C19H32F3IN6. The van der Waals surface area contributed by atoms with Crippen LogP contribution >= 0.6 is 24.0 Å². The molecule has 1 fully saturated rings. The van der Waals surface area contributed by atoms with Crippen LogP contribution in [0, 0.1) is 5.92 Å². The van der Waals surface area contributed by atoms with E-state index in [0.717, 1.165) is 44.0 Å². The summed E-state index contributed by atoms with van der Waals surface area (Å²) in [6.45, 7) is 1.74. The summed E-state index contributed by atoms with van der Waals surface area (Å²) in [5.41, 5.74) is 0. The molecule has 10 heteroatoms. The van der Waals surface area contributed by atoms with Crippen LogP contribution in [0.4, 0.5) is 13.2 Å². The van der Waals surface area contributed by atoms with E-state index in [2.05, 4.69) is 30.4 Å². The molecule has 6 nitrogen and oxygen atoms in total. The summed E-state index contributed by atoms with van der Waals surface area (Å²) in [5, 5.41) is 15.2. The van der Waals surface area contributed by atoms with E-state index in [1.54, 1.807) is 7.05 Å². The topological polar surface area (TPSA) is 67.1 Å². The molecule has 2 N–H and O–H groups in total. The Hall–Kier alpha value is -1.07. The van der Waals surface area contributed by atoms with Gasteiger partial charge >= 0.3 is 6.18 Å². The number of rotatable bonds is 5. The van der Waals surface area contributed by atoms with Crippen molar-refractivity contribution >= 4 is 29.9 Å². The van der Waals surface area contributed by atoms with Crippen molar-refractivity contribution in [3.05, 3.63) is 11.6 Å². The Morgan fingerprint density at radius 2 is 1.90 bits per heavy atom. The summed E-state index contributed by atoms with van der Waals surface area (Å²) in [6.07, 6.45) is 3.75. The number of halogens is 4. The van der Waals surface area contributed by atoms with Crippen molar-refractivity contribution in [3.8, 4) is 0 Å². The first kappa shape index (κ1) is 24.2. The van der Waals surface area contributed by atoms with Crippen molar-refractivity contribution in [1.29, 1.82) is 0 Å². The molecule has 2 aliphatic rings. The molecule has 1 aromatic heterocycles. The Labute approximate surface area is 187 Å². The van der Waals surface area contributed by atoms with Crippen LogP contribution in [0.1, 0.15) is 63.0 Å². The van der Waals surface area contributed by atoms with Crippen molar-refractivity contribution in [2.24, 2.45) is 10.9 Å². The van der Waals surface area contributed by atoms with E-state index in [1.165, 1.54) is 19.3 Å². The van der Waals surface area contributed by atoms with E-state index in [4.69, 9.17) is 0 Å². The fourth-order valence-corrected chi connectivity index (χ4v) is 4.14. The fraction of sp³-hybridized carbons (Fsp3) is 0.842. The zero-order valence-electron chi connectivity index (χ0n) is 17.0. The van der Waals surface area contributed by atoms with Gasteiger partial charge in [0.15, 0.2) is 5.96 Å². The van der Waals surface area contributed by atoms with E-state index in [0.29, 0.717) is 18.8 Å². The number of aliphatic imine (C=N–C) groups is 1. The minimum Gasteiger partial charge on any atom is -0.356 e. The number of aromatic nitrogens is 3. The van der Waals surface area contributed by atoms with Gasteiger partial charge < -0.3 is 15.2 Å². The summed E-state index contributed by atoms with van der Waals surface area (Å²) in [7, 11) is 1.69. The molecule has 0 aromatic carbocycles. The first-order valence-corrected chi connectivity index (χ1v) is 10.4. The number of guanidine groups is 1. The lowest BCUT2D eigenvalue weighted by Crippen LogP contribution is -2.46. The quantitative estimate of drug-likeness (QED) is 0.264. The molecule has 29 heavy (non-hydrogen) atoms.